The van der Waals surface area contributed by atoms with Crippen LogP contribution in [0.15, 0.2) is 79.1 Å². The molecule has 6 aromatic rings. The summed E-state index contributed by atoms with van der Waals surface area (Å²) in [5.41, 5.74) is 3.81. The molecule has 2 heterocycles. The molecule has 0 saturated carbocycles. The molecule has 37 heavy (non-hydrogen) atoms. The van der Waals surface area contributed by atoms with Gasteiger partial charge in [-0.3, -0.25) is 0 Å². The first-order valence-electron chi connectivity index (χ1n) is 12.3. The van der Waals surface area contributed by atoms with E-state index in [-0.39, 0.29) is 10.9 Å². The molecule has 0 fully saturated rings. The second-order valence-electron chi connectivity index (χ2n) is 9.64. The van der Waals surface area contributed by atoms with E-state index in [4.69, 9.17) is 0 Å². The molecule has 4 bridgehead atoms. The van der Waals surface area contributed by atoms with E-state index < -0.39 is 11.7 Å². The van der Waals surface area contributed by atoms with Gasteiger partial charge in [0.15, 0.2) is 0 Å². The molecule has 0 atom stereocenters. The highest BCUT2D eigenvalue weighted by Gasteiger charge is 2.37. The normalized spacial score (nSPS) is 13.9. The Bertz CT molecular complexity index is 1780. The zero-order valence-electron chi connectivity index (χ0n) is 19.8. The minimum atomic E-state index is -4.56. The molecule has 0 saturated heterocycles. The number of hydrogen-bond acceptors (Lipinski definition) is 3. The molecular formula is C31H21F3N2S. The highest BCUT2D eigenvalue weighted by Crippen LogP contribution is 2.45. The van der Waals surface area contributed by atoms with Gasteiger partial charge in [0, 0.05) is 10.1 Å². The summed E-state index contributed by atoms with van der Waals surface area (Å²) in [5.74, 6) is 0. The molecule has 0 unspecified atom stereocenters. The van der Waals surface area contributed by atoms with Crippen molar-refractivity contribution < 1.29 is 13.2 Å². The molecule has 4 aliphatic carbocycles. The topological polar surface area (TPSA) is 25.8 Å². The fraction of sp³-hybridized carbons (Fsp3) is 0.161. The van der Waals surface area contributed by atoms with E-state index in [2.05, 4.69) is 34.2 Å². The van der Waals surface area contributed by atoms with E-state index in [9.17, 15) is 13.2 Å². The fourth-order valence-corrected chi connectivity index (χ4v) is 6.66. The van der Waals surface area contributed by atoms with Crippen molar-refractivity contribution in [2.24, 2.45) is 0 Å². The Hall–Kier alpha value is -3.77. The summed E-state index contributed by atoms with van der Waals surface area (Å²) in [5, 5.41) is 2.44. The molecule has 10 rings (SSSR count). The van der Waals surface area contributed by atoms with Gasteiger partial charge in [-0.1, -0.05) is 54.6 Å². The Morgan fingerprint density at radius 1 is 0.703 bits per heavy atom. The Kier molecular flexibility index (Phi) is 5.08. The molecule has 0 N–H and O–H groups in total. The van der Waals surface area contributed by atoms with Crippen LogP contribution in [-0.2, 0) is 31.9 Å². The van der Waals surface area contributed by atoms with E-state index in [1.807, 2.05) is 48.5 Å². The average molecular weight is 511 g/mol. The van der Waals surface area contributed by atoms with Crippen LogP contribution in [0.2, 0.25) is 0 Å². The molecule has 2 aromatic heterocycles. The molecule has 2 nitrogen and oxygen atoms in total. The summed E-state index contributed by atoms with van der Waals surface area (Å²) >= 11 is 1.54. The van der Waals surface area contributed by atoms with Crippen LogP contribution in [0.4, 0.5) is 13.2 Å². The van der Waals surface area contributed by atoms with Crippen molar-refractivity contribution in [3.05, 3.63) is 107 Å². The van der Waals surface area contributed by atoms with Gasteiger partial charge in [0.25, 0.3) is 0 Å². The van der Waals surface area contributed by atoms with Gasteiger partial charge < -0.3 is 0 Å². The highest BCUT2D eigenvalue weighted by atomic mass is 32.1. The van der Waals surface area contributed by atoms with Crippen LogP contribution in [-0.4, -0.2) is 9.97 Å². The Morgan fingerprint density at radius 2 is 1.41 bits per heavy atom. The third kappa shape index (κ3) is 3.78. The number of fused-ring (bicyclic) bond motifs is 2. The number of alkyl halides is 3. The van der Waals surface area contributed by atoms with Gasteiger partial charge in [0.05, 0.1) is 21.7 Å². The molecule has 4 aliphatic rings. The highest BCUT2D eigenvalue weighted by molar-refractivity contribution is 7.22. The number of thiophene rings is 1. The average Bonchev–Trinajstić information content (AvgIpc) is 3.32. The van der Waals surface area contributed by atoms with Gasteiger partial charge in [-0.25, -0.2) is 9.97 Å². The summed E-state index contributed by atoms with van der Waals surface area (Å²) in [6.45, 7) is 0. The van der Waals surface area contributed by atoms with Crippen molar-refractivity contribution in [3.63, 3.8) is 0 Å². The molecule has 0 radical (unpaired) electrons. The van der Waals surface area contributed by atoms with E-state index >= 15 is 0 Å². The first-order chi connectivity index (χ1) is 18.0. The predicted octanol–water partition coefficient (Wildman–Crippen LogP) is 8.57. The van der Waals surface area contributed by atoms with Crippen molar-refractivity contribution in [2.75, 3.05) is 0 Å². The van der Waals surface area contributed by atoms with E-state index in [0.717, 1.165) is 32.5 Å². The van der Waals surface area contributed by atoms with Crippen molar-refractivity contribution in [2.45, 2.75) is 31.9 Å². The van der Waals surface area contributed by atoms with Crippen LogP contribution in [0.25, 0.3) is 42.3 Å². The molecular weight excluding hydrogens is 489 g/mol. The van der Waals surface area contributed by atoms with Gasteiger partial charge in [-0.15, -0.1) is 11.3 Å². The molecule has 6 heteroatoms. The van der Waals surface area contributed by atoms with Crippen LogP contribution >= 0.6 is 11.3 Å². The molecule has 0 spiro atoms. The summed E-state index contributed by atoms with van der Waals surface area (Å²) in [6.07, 6.45) is -0.659. The maximum absolute atomic E-state index is 14.9. The van der Waals surface area contributed by atoms with Crippen LogP contribution in [0.5, 0.6) is 0 Å². The van der Waals surface area contributed by atoms with Crippen LogP contribution in [0.1, 0.15) is 27.8 Å². The summed E-state index contributed by atoms with van der Waals surface area (Å²) in [7, 11) is 0. The quantitative estimate of drug-likeness (QED) is 0.207. The predicted molar refractivity (Wildman–Crippen MR) is 144 cm³/mol. The van der Waals surface area contributed by atoms with Crippen LogP contribution < -0.4 is 0 Å². The van der Waals surface area contributed by atoms with E-state index in [1.165, 1.54) is 23.2 Å². The third-order valence-electron chi connectivity index (χ3n) is 7.41. The van der Waals surface area contributed by atoms with E-state index in [0.29, 0.717) is 41.3 Å². The second kappa shape index (κ2) is 8.38. The number of aryl methyl sites for hydroxylation is 4. The third-order valence-corrected chi connectivity index (χ3v) is 8.54. The van der Waals surface area contributed by atoms with Crippen molar-refractivity contribution in [1.29, 1.82) is 0 Å². The smallest absolute Gasteiger partial charge is 0.236 e. The number of benzene rings is 4. The fourth-order valence-electron chi connectivity index (χ4n) is 5.59. The minimum absolute atomic E-state index is 0.0312. The molecule has 4 aromatic carbocycles. The minimum Gasteiger partial charge on any atom is -0.236 e. The van der Waals surface area contributed by atoms with Gasteiger partial charge in [0.2, 0.25) is 0 Å². The Morgan fingerprint density at radius 3 is 2.14 bits per heavy atom. The lowest BCUT2D eigenvalue weighted by molar-refractivity contribution is -0.135. The lowest BCUT2D eigenvalue weighted by Crippen LogP contribution is -2.11. The Balaban J connectivity index is 1.56. The SMILES string of the molecule is FC(F)(F)c1c2ncnc(-c3cc4ccccc4s3)c2cc2c3ccc(c12)CCc1ccc(cc1)CC3. The summed E-state index contributed by atoms with van der Waals surface area (Å²) in [4.78, 5) is 9.60. The van der Waals surface area contributed by atoms with E-state index in [1.54, 1.807) is 0 Å². The number of nitrogens with zero attached hydrogens (tertiary/aromatic N) is 2. The first kappa shape index (κ1) is 22.4. The summed E-state index contributed by atoms with van der Waals surface area (Å²) < 4.78 is 45.8. The molecule has 0 amide bonds. The van der Waals surface area contributed by atoms with Gasteiger partial charge in [-0.05, 0) is 82.3 Å². The van der Waals surface area contributed by atoms with Gasteiger partial charge in [-0.2, -0.15) is 13.2 Å². The second-order valence-corrected chi connectivity index (χ2v) is 10.7. The van der Waals surface area contributed by atoms with Gasteiger partial charge >= 0.3 is 6.18 Å². The van der Waals surface area contributed by atoms with Crippen molar-refractivity contribution in [1.82, 2.24) is 9.97 Å². The monoisotopic (exact) mass is 510 g/mol. The number of hydrogen-bond donors (Lipinski definition) is 0. The maximum Gasteiger partial charge on any atom is 0.419 e. The number of rotatable bonds is 1. The summed E-state index contributed by atoms with van der Waals surface area (Å²) in [6, 6.07) is 24.2. The molecule has 0 aliphatic heterocycles. The van der Waals surface area contributed by atoms with Crippen molar-refractivity contribution in [3.8, 4) is 10.6 Å². The number of halogens is 3. The largest absolute Gasteiger partial charge is 0.419 e. The first-order valence-corrected chi connectivity index (χ1v) is 13.1. The lowest BCUT2D eigenvalue weighted by Gasteiger charge is -2.20. The van der Waals surface area contributed by atoms with Crippen molar-refractivity contribution >= 4 is 43.1 Å². The maximum atomic E-state index is 14.9. The molecule has 182 valence electrons. The standard InChI is InChI=1S/C31H21F3N2S/c32-31(33,34)28-27-21-12-10-19-7-5-18(6-8-19)9-11-20(13-14-21)23(27)16-24-29(35-17-36-30(24)28)26-15-22-3-1-2-4-25(22)37-26/h1-8,13-17H,9-12H2. The van der Waals surface area contributed by atoms with Crippen LogP contribution in [0.3, 0.4) is 0 Å². The lowest BCUT2D eigenvalue weighted by atomic mass is 9.87. The Labute approximate surface area is 215 Å². The zero-order chi connectivity index (χ0) is 25.1. The van der Waals surface area contributed by atoms with Crippen LogP contribution in [0, 0.1) is 0 Å². The zero-order valence-corrected chi connectivity index (χ0v) is 20.6. The number of aromatic nitrogens is 2. The van der Waals surface area contributed by atoms with Gasteiger partial charge in [0.1, 0.15) is 6.33 Å².